The number of esters is 1. The van der Waals surface area contributed by atoms with Gasteiger partial charge in [0.25, 0.3) is 0 Å². The van der Waals surface area contributed by atoms with Gasteiger partial charge >= 0.3 is 12.1 Å². The van der Waals surface area contributed by atoms with Gasteiger partial charge in [0.2, 0.25) is 0 Å². The number of rotatable bonds is 44. The highest BCUT2D eigenvalue weighted by Gasteiger charge is 2.21. The molecule has 1 fully saturated rings. The van der Waals surface area contributed by atoms with E-state index in [2.05, 4.69) is 25.7 Å². The highest BCUT2D eigenvalue weighted by atomic mass is 16.6. The van der Waals surface area contributed by atoms with E-state index in [0.29, 0.717) is 13.0 Å². The van der Waals surface area contributed by atoms with Crippen molar-refractivity contribution in [2.45, 2.75) is 245 Å². The fraction of sp³-hybridized carbons (Fsp3) is 0.958. The van der Waals surface area contributed by atoms with Gasteiger partial charge in [-0.25, -0.2) is 4.79 Å². The monoisotopic (exact) mass is 779 g/mol. The van der Waals surface area contributed by atoms with Crippen LogP contribution in [-0.4, -0.2) is 80.5 Å². The van der Waals surface area contributed by atoms with Gasteiger partial charge in [-0.2, -0.15) is 0 Å². The Bertz CT molecular complexity index is 810. The molecule has 1 rings (SSSR count). The Labute approximate surface area is 342 Å². The zero-order valence-electron chi connectivity index (χ0n) is 37.2. The number of amides is 1. The number of hydrogen-bond acceptors (Lipinski definition) is 6. The maximum atomic E-state index is 12.8. The van der Waals surface area contributed by atoms with Gasteiger partial charge in [-0.15, -0.1) is 0 Å². The van der Waals surface area contributed by atoms with E-state index in [-0.39, 0.29) is 18.2 Å². The molecule has 1 amide bonds. The van der Waals surface area contributed by atoms with Crippen LogP contribution in [0.1, 0.15) is 239 Å². The predicted molar refractivity (Wildman–Crippen MR) is 234 cm³/mol. The minimum Gasteiger partial charge on any atom is -0.462 e. The summed E-state index contributed by atoms with van der Waals surface area (Å²) in [7, 11) is 0. The molecule has 1 aliphatic rings. The third-order valence-electron chi connectivity index (χ3n) is 11.6. The smallest absolute Gasteiger partial charge is 0.409 e. The molecule has 0 aromatic carbocycles. The molecule has 0 atom stereocenters. The van der Waals surface area contributed by atoms with Gasteiger partial charge in [-0.1, -0.05) is 168 Å². The third kappa shape index (κ3) is 34.4. The van der Waals surface area contributed by atoms with Crippen molar-refractivity contribution in [3.8, 4) is 0 Å². The van der Waals surface area contributed by atoms with E-state index in [1.807, 2.05) is 4.90 Å². The summed E-state index contributed by atoms with van der Waals surface area (Å²) >= 11 is 0. The van der Waals surface area contributed by atoms with E-state index >= 15 is 0 Å². The summed E-state index contributed by atoms with van der Waals surface area (Å²) in [5.41, 5.74) is 0. The Hall–Kier alpha value is -1.34. The fourth-order valence-electron chi connectivity index (χ4n) is 7.91. The van der Waals surface area contributed by atoms with Crippen LogP contribution in [-0.2, 0) is 19.0 Å². The molecule has 0 N–H and O–H groups in total. The second kappa shape index (κ2) is 40.8. The molecule has 0 aromatic rings. The molecule has 55 heavy (non-hydrogen) atoms. The van der Waals surface area contributed by atoms with Crippen molar-refractivity contribution in [1.29, 1.82) is 0 Å². The first-order valence-corrected chi connectivity index (χ1v) is 24.5. The van der Waals surface area contributed by atoms with Gasteiger partial charge in [-0.3, -0.25) is 4.79 Å². The van der Waals surface area contributed by atoms with Crippen molar-refractivity contribution >= 4 is 12.1 Å². The zero-order valence-corrected chi connectivity index (χ0v) is 37.2. The quantitative estimate of drug-likeness (QED) is 0.0453. The summed E-state index contributed by atoms with van der Waals surface area (Å²) < 4.78 is 17.1. The molecule has 326 valence electrons. The Morgan fingerprint density at radius 2 is 0.982 bits per heavy atom. The predicted octanol–water partition coefficient (Wildman–Crippen LogP) is 14.0. The maximum absolute atomic E-state index is 12.8. The van der Waals surface area contributed by atoms with Gasteiger partial charge < -0.3 is 24.0 Å². The molecule has 7 nitrogen and oxygen atoms in total. The molecule has 0 aromatic heterocycles. The van der Waals surface area contributed by atoms with Gasteiger partial charge in [0.15, 0.2) is 0 Å². The van der Waals surface area contributed by atoms with Crippen molar-refractivity contribution in [1.82, 2.24) is 9.80 Å². The molecule has 0 spiro atoms. The first kappa shape index (κ1) is 51.7. The summed E-state index contributed by atoms with van der Waals surface area (Å²) in [6.45, 7) is 14.1. The van der Waals surface area contributed by atoms with Gasteiger partial charge in [0, 0.05) is 26.2 Å². The standard InChI is InChI=1S/C48H94N2O5/c1-4-7-10-13-17-25-32-43-53-44-33-26-18-16-23-30-38-49(40-34-41-50-42-45-54-48(50)52)39-31-24-19-22-29-37-47(51)55-46(35-27-20-14-11-8-5-2)36-28-21-15-12-9-6-3/h46H,4-45H2,1-3H3. The van der Waals surface area contributed by atoms with Crippen molar-refractivity contribution in [2.24, 2.45) is 0 Å². The highest BCUT2D eigenvalue weighted by molar-refractivity contribution is 5.69. The second-order valence-electron chi connectivity index (χ2n) is 16.9. The number of unbranched alkanes of at least 4 members (excludes halogenated alkanes) is 25. The maximum Gasteiger partial charge on any atom is 0.409 e. The third-order valence-corrected chi connectivity index (χ3v) is 11.6. The second-order valence-corrected chi connectivity index (χ2v) is 16.9. The van der Waals surface area contributed by atoms with Crippen LogP contribution in [0.2, 0.25) is 0 Å². The lowest BCUT2D eigenvalue weighted by Gasteiger charge is -2.23. The lowest BCUT2D eigenvalue weighted by atomic mass is 10.0. The minimum atomic E-state index is -0.148. The number of carbonyl (C=O) groups excluding carboxylic acids is 2. The molecule has 0 saturated carbocycles. The Balaban J connectivity index is 2.23. The van der Waals surface area contributed by atoms with E-state index in [4.69, 9.17) is 14.2 Å². The molecular weight excluding hydrogens is 685 g/mol. The lowest BCUT2D eigenvalue weighted by Crippen LogP contribution is -2.32. The summed E-state index contributed by atoms with van der Waals surface area (Å²) in [5.74, 6) is 0.0298. The molecule has 0 unspecified atom stereocenters. The van der Waals surface area contributed by atoms with Crippen molar-refractivity contribution in [2.75, 3.05) is 52.5 Å². The van der Waals surface area contributed by atoms with Gasteiger partial charge in [-0.05, 0) is 83.8 Å². The molecule has 0 radical (unpaired) electrons. The topological polar surface area (TPSA) is 68.3 Å². The Morgan fingerprint density at radius 1 is 0.564 bits per heavy atom. The van der Waals surface area contributed by atoms with Crippen molar-refractivity contribution < 1.29 is 23.8 Å². The van der Waals surface area contributed by atoms with Crippen LogP contribution >= 0.6 is 0 Å². The van der Waals surface area contributed by atoms with Crippen LogP contribution in [0.25, 0.3) is 0 Å². The minimum absolute atomic E-state index is 0.0298. The number of nitrogens with zero attached hydrogens (tertiary/aromatic N) is 2. The highest BCUT2D eigenvalue weighted by Crippen LogP contribution is 2.19. The average Bonchev–Trinajstić information content (AvgIpc) is 3.60. The molecule has 1 saturated heterocycles. The van der Waals surface area contributed by atoms with Crippen LogP contribution < -0.4 is 0 Å². The molecule has 1 aliphatic heterocycles. The van der Waals surface area contributed by atoms with Gasteiger partial charge in [0.05, 0.1) is 6.54 Å². The van der Waals surface area contributed by atoms with Crippen LogP contribution in [0.5, 0.6) is 0 Å². The Kier molecular flexibility index (Phi) is 38.4. The summed E-state index contributed by atoms with van der Waals surface area (Å²) in [5, 5.41) is 0. The normalized spacial score (nSPS) is 13.1. The number of hydrogen-bond donors (Lipinski definition) is 0. The van der Waals surface area contributed by atoms with Crippen molar-refractivity contribution in [3.63, 3.8) is 0 Å². The summed E-state index contributed by atoms with van der Waals surface area (Å²) in [6, 6.07) is 0. The van der Waals surface area contributed by atoms with E-state index in [1.165, 1.54) is 180 Å². The lowest BCUT2D eigenvalue weighted by molar-refractivity contribution is -0.150. The van der Waals surface area contributed by atoms with E-state index in [1.54, 1.807) is 0 Å². The molecule has 7 heteroatoms. The average molecular weight is 779 g/mol. The van der Waals surface area contributed by atoms with E-state index < -0.39 is 0 Å². The van der Waals surface area contributed by atoms with Crippen LogP contribution in [0.3, 0.4) is 0 Å². The first-order valence-electron chi connectivity index (χ1n) is 24.5. The molecular formula is C48H94N2O5. The summed E-state index contributed by atoms with van der Waals surface area (Å²) in [4.78, 5) is 29.2. The molecule has 1 heterocycles. The largest absolute Gasteiger partial charge is 0.462 e. The zero-order chi connectivity index (χ0) is 39.7. The van der Waals surface area contributed by atoms with Crippen LogP contribution in [0.15, 0.2) is 0 Å². The van der Waals surface area contributed by atoms with Crippen LogP contribution in [0.4, 0.5) is 4.79 Å². The number of carbonyl (C=O) groups is 2. The molecule has 0 bridgehead atoms. The van der Waals surface area contributed by atoms with Crippen molar-refractivity contribution in [3.05, 3.63) is 0 Å². The SMILES string of the molecule is CCCCCCCCCOCCCCCCCCN(CCCCCCCC(=O)OC(CCCCCCCC)CCCCCCCC)CCCN1CCOC1=O. The first-order chi connectivity index (χ1) is 27.1. The van der Waals surface area contributed by atoms with E-state index in [9.17, 15) is 9.59 Å². The van der Waals surface area contributed by atoms with E-state index in [0.717, 1.165) is 78.0 Å². The Morgan fingerprint density at radius 3 is 1.45 bits per heavy atom. The number of ether oxygens (including phenoxy) is 3. The number of cyclic esters (lactones) is 1. The molecule has 0 aliphatic carbocycles. The van der Waals surface area contributed by atoms with Crippen LogP contribution in [0, 0.1) is 0 Å². The fourth-order valence-corrected chi connectivity index (χ4v) is 7.91. The van der Waals surface area contributed by atoms with Gasteiger partial charge in [0.1, 0.15) is 12.7 Å². The summed E-state index contributed by atoms with van der Waals surface area (Å²) in [6.07, 6.45) is 41.8.